The van der Waals surface area contributed by atoms with Gasteiger partial charge in [-0.25, -0.2) is 9.59 Å². The van der Waals surface area contributed by atoms with Gasteiger partial charge in [0.25, 0.3) is 0 Å². The van der Waals surface area contributed by atoms with E-state index in [1.807, 2.05) is 27.8 Å². The Bertz CT molecular complexity index is 438. The maximum absolute atomic E-state index is 12.0. The maximum atomic E-state index is 12.0. The number of ether oxygens (including phenoxy) is 1. The number of piperazine rings is 1. The number of carboxylic acids is 1. The highest BCUT2D eigenvalue weighted by atomic mass is 16.6. The smallest absolute Gasteiger partial charge is 0.410 e. The second-order valence-electron chi connectivity index (χ2n) is 7.17. The molecule has 1 aliphatic rings. The quantitative estimate of drug-likeness (QED) is 0.708. The Balaban J connectivity index is 2.18. The molecule has 0 atom stereocenters. The van der Waals surface area contributed by atoms with Crippen molar-refractivity contribution in [3.8, 4) is 0 Å². The van der Waals surface area contributed by atoms with Gasteiger partial charge < -0.3 is 19.6 Å². The largest absolute Gasteiger partial charge is 0.478 e. The minimum Gasteiger partial charge on any atom is -0.478 e. The first-order valence-corrected chi connectivity index (χ1v) is 8.45. The summed E-state index contributed by atoms with van der Waals surface area (Å²) >= 11 is 0. The molecule has 0 saturated carbocycles. The van der Waals surface area contributed by atoms with Crippen molar-refractivity contribution in [3.63, 3.8) is 0 Å². The van der Waals surface area contributed by atoms with E-state index in [1.54, 1.807) is 11.0 Å². The van der Waals surface area contributed by atoms with Crippen molar-refractivity contribution >= 4 is 12.1 Å². The molecular weight excluding hydrogens is 310 g/mol. The van der Waals surface area contributed by atoms with Gasteiger partial charge in [0.05, 0.1) is 0 Å². The number of aliphatic carboxylic acids is 1. The summed E-state index contributed by atoms with van der Waals surface area (Å²) < 4.78 is 5.39. The van der Waals surface area contributed by atoms with Crippen molar-refractivity contribution in [2.24, 2.45) is 0 Å². The molecule has 7 heteroatoms. The third kappa shape index (κ3) is 8.88. The van der Waals surface area contributed by atoms with Crippen LogP contribution in [-0.4, -0.2) is 90.3 Å². The third-order valence-corrected chi connectivity index (χ3v) is 3.72. The van der Waals surface area contributed by atoms with Crippen molar-refractivity contribution in [2.75, 3.05) is 52.9 Å². The zero-order chi connectivity index (χ0) is 18.2. The number of amides is 1. The zero-order valence-electron chi connectivity index (χ0n) is 15.3. The fraction of sp³-hybridized carbons (Fsp3) is 0.765. The highest BCUT2D eigenvalue weighted by Gasteiger charge is 2.25. The van der Waals surface area contributed by atoms with Gasteiger partial charge in [0, 0.05) is 38.8 Å². The van der Waals surface area contributed by atoms with Crippen LogP contribution >= 0.6 is 0 Å². The van der Waals surface area contributed by atoms with E-state index in [0.717, 1.165) is 32.6 Å². The predicted octanol–water partition coefficient (Wildman–Crippen LogP) is 1.50. The summed E-state index contributed by atoms with van der Waals surface area (Å²) in [6.45, 7) is 11.3. The molecule has 138 valence electrons. The van der Waals surface area contributed by atoms with Gasteiger partial charge in [-0.3, -0.25) is 4.90 Å². The summed E-state index contributed by atoms with van der Waals surface area (Å²) in [7, 11) is 1.98. The average molecular weight is 341 g/mol. The lowest BCUT2D eigenvalue weighted by molar-refractivity contribution is -0.131. The van der Waals surface area contributed by atoms with Crippen molar-refractivity contribution in [2.45, 2.75) is 32.8 Å². The Hall–Kier alpha value is -1.60. The predicted molar refractivity (Wildman–Crippen MR) is 93.1 cm³/mol. The Labute approximate surface area is 144 Å². The van der Waals surface area contributed by atoms with Crippen LogP contribution < -0.4 is 0 Å². The van der Waals surface area contributed by atoms with Crippen LogP contribution in [0.2, 0.25) is 0 Å². The number of hydrogen-bond donors (Lipinski definition) is 1. The van der Waals surface area contributed by atoms with Gasteiger partial charge in [-0.15, -0.1) is 0 Å². The van der Waals surface area contributed by atoms with Crippen molar-refractivity contribution in [1.82, 2.24) is 14.7 Å². The summed E-state index contributed by atoms with van der Waals surface area (Å²) in [5, 5.41) is 8.55. The molecule has 0 bridgehead atoms. The van der Waals surface area contributed by atoms with Crippen molar-refractivity contribution in [3.05, 3.63) is 12.2 Å². The second kappa shape index (κ2) is 9.64. The van der Waals surface area contributed by atoms with E-state index < -0.39 is 11.6 Å². The molecule has 0 unspecified atom stereocenters. The summed E-state index contributed by atoms with van der Waals surface area (Å²) in [5.41, 5.74) is -0.451. The fourth-order valence-corrected chi connectivity index (χ4v) is 2.47. The highest BCUT2D eigenvalue weighted by molar-refractivity contribution is 5.79. The van der Waals surface area contributed by atoms with E-state index in [-0.39, 0.29) is 6.09 Å². The molecule has 0 aromatic heterocycles. The number of nitrogens with zero attached hydrogens (tertiary/aromatic N) is 3. The van der Waals surface area contributed by atoms with Crippen LogP contribution in [0.15, 0.2) is 12.2 Å². The van der Waals surface area contributed by atoms with Crippen molar-refractivity contribution in [1.29, 1.82) is 0 Å². The molecule has 24 heavy (non-hydrogen) atoms. The Kier molecular flexibility index (Phi) is 8.21. The zero-order valence-corrected chi connectivity index (χ0v) is 15.3. The van der Waals surface area contributed by atoms with Gasteiger partial charge in [0.15, 0.2) is 0 Å². The number of hydrogen-bond acceptors (Lipinski definition) is 5. The van der Waals surface area contributed by atoms with E-state index in [4.69, 9.17) is 9.84 Å². The van der Waals surface area contributed by atoms with E-state index in [9.17, 15) is 9.59 Å². The van der Waals surface area contributed by atoms with Gasteiger partial charge in [-0.1, -0.05) is 6.08 Å². The van der Waals surface area contributed by atoms with Crippen LogP contribution in [0.1, 0.15) is 27.2 Å². The lowest BCUT2D eigenvalue weighted by Crippen LogP contribution is -2.50. The number of carboxylic acid groups (broad SMARTS) is 1. The molecule has 0 spiro atoms. The molecule has 1 amide bonds. The fourth-order valence-electron chi connectivity index (χ4n) is 2.47. The highest BCUT2D eigenvalue weighted by Crippen LogP contribution is 2.12. The first-order valence-electron chi connectivity index (χ1n) is 8.45. The SMILES string of the molecule is CN(C/C=C/C(=O)O)CCCN1CCN(C(=O)OC(C)(C)C)CC1. The van der Waals surface area contributed by atoms with Gasteiger partial charge in [-0.2, -0.15) is 0 Å². The van der Waals surface area contributed by atoms with Gasteiger partial charge in [0.1, 0.15) is 5.60 Å². The Morgan fingerprint density at radius 3 is 2.38 bits per heavy atom. The summed E-state index contributed by atoms with van der Waals surface area (Å²) in [4.78, 5) is 28.6. The van der Waals surface area contributed by atoms with E-state index in [0.29, 0.717) is 19.6 Å². The van der Waals surface area contributed by atoms with Gasteiger partial charge >= 0.3 is 12.1 Å². The van der Waals surface area contributed by atoms with E-state index >= 15 is 0 Å². The van der Waals surface area contributed by atoms with Crippen LogP contribution in [0.3, 0.4) is 0 Å². The number of carbonyl (C=O) groups excluding carboxylic acids is 1. The number of carbonyl (C=O) groups is 2. The van der Waals surface area contributed by atoms with Crippen LogP contribution in [0, 0.1) is 0 Å². The van der Waals surface area contributed by atoms with Crippen LogP contribution in [0.5, 0.6) is 0 Å². The van der Waals surface area contributed by atoms with E-state index in [1.165, 1.54) is 6.08 Å². The standard InChI is InChI=1S/C17H31N3O4/c1-17(2,3)24-16(23)20-13-11-19(12-14-20)10-6-9-18(4)8-5-7-15(21)22/h5,7H,6,8-14H2,1-4H3,(H,21,22)/b7-5+. The molecule has 0 aromatic carbocycles. The molecule has 1 heterocycles. The molecular formula is C17H31N3O4. The Morgan fingerprint density at radius 2 is 1.83 bits per heavy atom. The monoisotopic (exact) mass is 341 g/mol. The average Bonchev–Trinajstić information content (AvgIpc) is 2.45. The first kappa shape index (κ1) is 20.4. The molecule has 1 aliphatic heterocycles. The normalized spacial score (nSPS) is 16.8. The van der Waals surface area contributed by atoms with E-state index in [2.05, 4.69) is 9.80 Å². The third-order valence-electron chi connectivity index (χ3n) is 3.72. The van der Waals surface area contributed by atoms with Gasteiger partial charge in [0.2, 0.25) is 0 Å². The second-order valence-corrected chi connectivity index (χ2v) is 7.17. The Morgan fingerprint density at radius 1 is 1.21 bits per heavy atom. The summed E-state index contributed by atoms with van der Waals surface area (Å²) in [5.74, 6) is -0.911. The molecule has 7 nitrogen and oxygen atoms in total. The topological polar surface area (TPSA) is 73.3 Å². The lowest BCUT2D eigenvalue weighted by atomic mass is 10.2. The number of rotatable bonds is 7. The minimum atomic E-state index is -0.911. The maximum Gasteiger partial charge on any atom is 0.410 e. The molecule has 1 N–H and O–H groups in total. The molecule has 1 saturated heterocycles. The summed E-state index contributed by atoms with van der Waals surface area (Å²) in [6, 6.07) is 0. The lowest BCUT2D eigenvalue weighted by Gasteiger charge is -2.35. The van der Waals surface area contributed by atoms with Crippen molar-refractivity contribution < 1.29 is 19.4 Å². The molecule has 0 aromatic rings. The van der Waals surface area contributed by atoms with Crippen LogP contribution in [0.25, 0.3) is 0 Å². The molecule has 1 fully saturated rings. The van der Waals surface area contributed by atoms with Crippen LogP contribution in [-0.2, 0) is 9.53 Å². The molecule has 1 rings (SSSR count). The number of likely N-dealkylation sites (N-methyl/N-ethyl adjacent to an activating group) is 1. The van der Waals surface area contributed by atoms with Crippen LogP contribution in [0.4, 0.5) is 4.79 Å². The van der Waals surface area contributed by atoms with Gasteiger partial charge in [-0.05, 0) is 47.3 Å². The molecule has 0 aliphatic carbocycles. The first-order chi connectivity index (χ1) is 11.2. The summed E-state index contributed by atoms with van der Waals surface area (Å²) in [6.07, 6.45) is 3.62. The minimum absolute atomic E-state index is 0.230. The molecule has 0 radical (unpaired) electrons.